The van der Waals surface area contributed by atoms with E-state index in [-0.39, 0.29) is 16.4 Å². The molecule has 1 amide bonds. The highest BCUT2D eigenvalue weighted by Crippen LogP contribution is 2.32. The number of alkyl halides is 3. The molecule has 2 aromatic rings. The van der Waals surface area contributed by atoms with Gasteiger partial charge in [0, 0.05) is 11.8 Å². The first-order chi connectivity index (χ1) is 12.9. The average molecular weight is 413 g/mol. The van der Waals surface area contributed by atoms with Crippen molar-refractivity contribution in [3.63, 3.8) is 0 Å². The second-order valence-corrected chi connectivity index (χ2v) is 9.09. The lowest BCUT2D eigenvalue weighted by Crippen LogP contribution is -2.29. The molecule has 0 unspecified atom stereocenters. The van der Waals surface area contributed by atoms with E-state index < -0.39 is 33.5 Å². The smallest absolute Gasteiger partial charge is 0.345 e. The van der Waals surface area contributed by atoms with Crippen LogP contribution in [0.25, 0.3) is 0 Å². The number of carbonyl (C=O) groups excluding carboxylic acids is 1. The van der Waals surface area contributed by atoms with Crippen LogP contribution in [0.4, 0.5) is 13.2 Å². The van der Waals surface area contributed by atoms with Crippen LogP contribution in [0.2, 0.25) is 0 Å². The van der Waals surface area contributed by atoms with Gasteiger partial charge in [0.15, 0.2) is 9.84 Å². The SMILES string of the molecule is CC(C)C[C@H](NC(=O)c1ccc(S(C)(=O)=O)cc1)c1cccc(C(F)(F)F)c1. The van der Waals surface area contributed by atoms with Crippen molar-refractivity contribution in [1.82, 2.24) is 5.32 Å². The van der Waals surface area contributed by atoms with Gasteiger partial charge in [-0.3, -0.25) is 4.79 Å². The van der Waals surface area contributed by atoms with E-state index in [0.717, 1.165) is 18.4 Å². The second-order valence-electron chi connectivity index (χ2n) is 7.08. The first-order valence-electron chi connectivity index (χ1n) is 8.66. The Hall–Kier alpha value is -2.35. The molecule has 0 aliphatic carbocycles. The Kier molecular flexibility index (Phi) is 6.54. The summed E-state index contributed by atoms with van der Waals surface area (Å²) in [7, 11) is -3.38. The van der Waals surface area contributed by atoms with Gasteiger partial charge in [0.25, 0.3) is 5.91 Å². The Bertz CT molecular complexity index is 936. The third kappa shape index (κ3) is 5.82. The van der Waals surface area contributed by atoms with Crippen LogP contribution in [0.1, 0.15) is 47.8 Å². The van der Waals surface area contributed by atoms with Crippen molar-refractivity contribution in [1.29, 1.82) is 0 Å². The van der Waals surface area contributed by atoms with Gasteiger partial charge in [-0.1, -0.05) is 26.0 Å². The number of nitrogens with one attached hydrogen (secondary N) is 1. The molecule has 28 heavy (non-hydrogen) atoms. The molecule has 2 aromatic carbocycles. The van der Waals surface area contributed by atoms with Crippen LogP contribution in [0.5, 0.6) is 0 Å². The summed E-state index contributed by atoms with van der Waals surface area (Å²) >= 11 is 0. The largest absolute Gasteiger partial charge is 0.416 e. The summed E-state index contributed by atoms with van der Waals surface area (Å²) in [6.07, 6.45) is -2.95. The van der Waals surface area contributed by atoms with Gasteiger partial charge in [-0.05, 0) is 54.3 Å². The normalized spacial score (nSPS) is 13.4. The van der Waals surface area contributed by atoms with E-state index >= 15 is 0 Å². The Morgan fingerprint density at radius 1 is 1.07 bits per heavy atom. The third-order valence-corrected chi connectivity index (χ3v) is 5.30. The van der Waals surface area contributed by atoms with Gasteiger partial charge in [-0.2, -0.15) is 13.2 Å². The lowest BCUT2D eigenvalue weighted by molar-refractivity contribution is -0.137. The molecular weight excluding hydrogens is 391 g/mol. The number of carbonyl (C=O) groups is 1. The first-order valence-corrected chi connectivity index (χ1v) is 10.5. The molecule has 1 N–H and O–H groups in total. The van der Waals surface area contributed by atoms with E-state index in [0.29, 0.717) is 12.0 Å². The maximum Gasteiger partial charge on any atom is 0.416 e. The standard InChI is InChI=1S/C20H22F3NO3S/c1-13(2)11-18(15-5-4-6-16(12-15)20(21,22)23)24-19(25)14-7-9-17(10-8-14)28(3,26)27/h4-10,12-13,18H,11H2,1-3H3,(H,24,25)/t18-/m0/s1. The van der Waals surface area contributed by atoms with Crippen molar-refractivity contribution in [3.05, 3.63) is 65.2 Å². The molecule has 152 valence electrons. The van der Waals surface area contributed by atoms with Gasteiger partial charge in [-0.15, -0.1) is 0 Å². The molecule has 0 heterocycles. The number of rotatable bonds is 6. The molecule has 8 heteroatoms. The number of amides is 1. The number of halogens is 3. The van der Waals surface area contributed by atoms with Crippen molar-refractivity contribution < 1.29 is 26.4 Å². The predicted molar refractivity (Wildman–Crippen MR) is 101 cm³/mol. The van der Waals surface area contributed by atoms with E-state index in [9.17, 15) is 26.4 Å². The molecule has 4 nitrogen and oxygen atoms in total. The van der Waals surface area contributed by atoms with Crippen LogP contribution < -0.4 is 5.32 Å². The van der Waals surface area contributed by atoms with Crippen LogP contribution >= 0.6 is 0 Å². The summed E-state index contributed by atoms with van der Waals surface area (Å²) in [5.41, 5.74) is -0.178. The number of benzene rings is 2. The van der Waals surface area contributed by atoms with Crippen molar-refractivity contribution in [3.8, 4) is 0 Å². The van der Waals surface area contributed by atoms with Gasteiger partial charge < -0.3 is 5.32 Å². The number of hydrogen-bond acceptors (Lipinski definition) is 3. The summed E-state index contributed by atoms with van der Waals surface area (Å²) in [4.78, 5) is 12.7. The highest BCUT2D eigenvalue weighted by atomic mass is 32.2. The fourth-order valence-corrected chi connectivity index (χ4v) is 3.41. The van der Waals surface area contributed by atoms with Crippen LogP contribution in [0, 0.1) is 5.92 Å². The summed E-state index contributed by atoms with van der Waals surface area (Å²) in [5.74, 6) is -0.351. The van der Waals surface area contributed by atoms with E-state index in [1.807, 2.05) is 13.8 Å². The minimum Gasteiger partial charge on any atom is -0.345 e. The molecule has 0 spiro atoms. The summed E-state index contributed by atoms with van der Waals surface area (Å²) in [6.45, 7) is 3.82. The van der Waals surface area contributed by atoms with E-state index in [1.165, 1.54) is 30.3 Å². The van der Waals surface area contributed by atoms with E-state index in [1.54, 1.807) is 6.07 Å². The zero-order chi connectivity index (χ0) is 21.1. The molecule has 1 atom stereocenters. The van der Waals surface area contributed by atoms with Gasteiger partial charge in [0.05, 0.1) is 16.5 Å². The van der Waals surface area contributed by atoms with Gasteiger partial charge in [0.1, 0.15) is 0 Å². The quantitative estimate of drug-likeness (QED) is 0.751. The second kappa shape index (κ2) is 8.34. The lowest BCUT2D eigenvalue weighted by atomic mass is 9.95. The maximum absolute atomic E-state index is 13.0. The summed E-state index contributed by atoms with van der Waals surface area (Å²) in [6, 6.07) is 9.70. The molecule has 0 fully saturated rings. The predicted octanol–water partition coefficient (Wildman–Crippen LogP) is 4.63. The topological polar surface area (TPSA) is 63.2 Å². The van der Waals surface area contributed by atoms with Crippen molar-refractivity contribution >= 4 is 15.7 Å². The molecule has 0 radical (unpaired) electrons. The molecule has 0 bridgehead atoms. The lowest BCUT2D eigenvalue weighted by Gasteiger charge is -2.22. The number of sulfone groups is 1. The fraction of sp³-hybridized carbons (Fsp3) is 0.350. The highest BCUT2D eigenvalue weighted by molar-refractivity contribution is 7.90. The van der Waals surface area contributed by atoms with E-state index in [2.05, 4.69) is 5.32 Å². The Labute approximate surface area is 162 Å². The molecule has 0 aromatic heterocycles. The zero-order valence-electron chi connectivity index (χ0n) is 15.7. The van der Waals surface area contributed by atoms with Crippen LogP contribution in [0.15, 0.2) is 53.4 Å². The minimum atomic E-state index is -4.47. The summed E-state index contributed by atoms with van der Waals surface area (Å²) in [5, 5.41) is 2.76. The Balaban J connectivity index is 2.28. The van der Waals surface area contributed by atoms with Gasteiger partial charge in [-0.25, -0.2) is 8.42 Å². The molecule has 0 aliphatic rings. The van der Waals surface area contributed by atoms with Gasteiger partial charge >= 0.3 is 6.18 Å². The van der Waals surface area contributed by atoms with Crippen molar-refractivity contribution in [2.75, 3.05) is 6.26 Å². The molecule has 0 aliphatic heterocycles. The Morgan fingerprint density at radius 2 is 1.68 bits per heavy atom. The van der Waals surface area contributed by atoms with Gasteiger partial charge in [0.2, 0.25) is 0 Å². The van der Waals surface area contributed by atoms with Crippen LogP contribution in [-0.4, -0.2) is 20.6 Å². The van der Waals surface area contributed by atoms with Crippen LogP contribution in [-0.2, 0) is 16.0 Å². The highest BCUT2D eigenvalue weighted by Gasteiger charge is 2.31. The first kappa shape index (κ1) is 21.9. The molecule has 2 rings (SSSR count). The van der Waals surface area contributed by atoms with Crippen LogP contribution in [0.3, 0.4) is 0 Å². The average Bonchev–Trinajstić information content (AvgIpc) is 2.59. The fourth-order valence-electron chi connectivity index (χ4n) is 2.78. The molecule has 0 saturated heterocycles. The minimum absolute atomic E-state index is 0.0839. The third-order valence-electron chi connectivity index (χ3n) is 4.17. The maximum atomic E-state index is 13.0. The monoisotopic (exact) mass is 413 g/mol. The summed E-state index contributed by atoms with van der Waals surface area (Å²) < 4.78 is 62.1. The number of hydrogen-bond donors (Lipinski definition) is 1. The van der Waals surface area contributed by atoms with Crippen molar-refractivity contribution in [2.45, 2.75) is 37.4 Å². The van der Waals surface area contributed by atoms with E-state index in [4.69, 9.17) is 0 Å². The van der Waals surface area contributed by atoms with Crippen molar-refractivity contribution in [2.24, 2.45) is 5.92 Å². The zero-order valence-corrected chi connectivity index (χ0v) is 16.6. The Morgan fingerprint density at radius 3 is 2.18 bits per heavy atom. The molecule has 0 saturated carbocycles. The molecular formula is C20H22F3NO3S.